The number of nitrogens with zero attached hydrogens (tertiary/aromatic N) is 4. The predicted octanol–water partition coefficient (Wildman–Crippen LogP) is 3.94. The lowest BCUT2D eigenvalue weighted by Crippen LogP contribution is -2.14. The van der Waals surface area contributed by atoms with Gasteiger partial charge in [-0.15, -0.1) is 10.2 Å². The zero-order valence-electron chi connectivity index (χ0n) is 13.8. The number of ketones is 1. The Morgan fingerprint density at radius 3 is 2.70 bits per heavy atom. The number of rotatable bonds is 7. The number of nitrogens with one attached hydrogen (secondary N) is 1. The molecule has 1 heterocycles. The van der Waals surface area contributed by atoms with E-state index in [0.717, 1.165) is 14.5 Å². The number of hydrogen-bond acceptors (Lipinski definition) is 7. The van der Waals surface area contributed by atoms with E-state index in [2.05, 4.69) is 52.6 Å². The van der Waals surface area contributed by atoms with Crippen LogP contribution in [0.4, 0.5) is 5.95 Å². The molecule has 0 aliphatic carbocycles. The minimum Gasteiger partial charge on any atom is -0.334 e. The summed E-state index contributed by atoms with van der Waals surface area (Å²) in [5, 5.41) is 12.4. The summed E-state index contributed by atoms with van der Waals surface area (Å²) in [6.45, 7) is 0. The molecule has 0 spiro atoms. The summed E-state index contributed by atoms with van der Waals surface area (Å²) in [5.41, 5.74) is 4.28. The van der Waals surface area contributed by atoms with Gasteiger partial charge in [0.25, 0.3) is 5.95 Å². The standard InChI is InChI=1S/C17H14Br2N6OS/c18-13-6-4-12(5-7-13)15(26)10-27-17-24-23-16(25(17)20)22-21-9-11-2-1-3-14(19)8-11/h1-9H,10,20H2,(H,22,23)/b21-9+. The Hall–Kier alpha value is -2.17. The van der Waals surface area contributed by atoms with Crippen LogP contribution in [0.25, 0.3) is 0 Å². The van der Waals surface area contributed by atoms with E-state index in [0.29, 0.717) is 10.7 Å². The third-order valence-electron chi connectivity index (χ3n) is 3.39. The second-order valence-electron chi connectivity index (χ2n) is 5.32. The molecular weight excluding hydrogens is 496 g/mol. The summed E-state index contributed by atoms with van der Waals surface area (Å²) in [6.07, 6.45) is 1.64. The number of nitrogens with two attached hydrogens (primary N) is 1. The first-order valence-electron chi connectivity index (χ1n) is 7.69. The Morgan fingerprint density at radius 1 is 1.19 bits per heavy atom. The lowest BCUT2D eigenvalue weighted by Gasteiger charge is -2.03. The maximum atomic E-state index is 12.2. The van der Waals surface area contributed by atoms with Gasteiger partial charge in [-0.05, 0) is 29.8 Å². The van der Waals surface area contributed by atoms with Crippen LogP contribution in [-0.2, 0) is 0 Å². The molecule has 0 amide bonds. The first-order valence-corrected chi connectivity index (χ1v) is 10.3. The summed E-state index contributed by atoms with van der Waals surface area (Å²) in [4.78, 5) is 12.2. The number of anilines is 1. The monoisotopic (exact) mass is 508 g/mol. The number of benzene rings is 2. The second kappa shape index (κ2) is 9.16. The molecule has 0 radical (unpaired) electrons. The first kappa shape index (κ1) is 19.6. The maximum absolute atomic E-state index is 12.2. The van der Waals surface area contributed by atoms with E-state index in [1.54, 1.807) is 18.3 Å². The number of hydrogen-bond donors (Lipinski definition) is 2. The molecule has 0 saturated carbocycles. The van der Waals surface area contributed by atoms with Crippen LogP contribution in [0.5, 0.6) is 0 Å². The third-order valence-corrected chi connectivity index (χ3v) is 5.35. The van der Waals surface area contributed by atoms with Gasteiger partial charge in [-0.25, -0.2) is 10.1 Å². The average molecular weight is 510 g/mol. The molecule has 3 aromatic rings. The van der Waals surface area contributed by atoms with Crippen LogP contribution < -0.4 is 11.3 Å². The molecule has 2 aromatic carbocycles. The number of thioether (sulfide) groups is 1. The molecule has 0 aliphatic heterocycles. The van der Waals surface area contributed by atoms with Crippen molar-refractivity contribution < 1.29 is 4.79 Å². The van der Waals surface area contributed by atoms with Gasteiger partial charge in [0.05, 0.1) is 12.0 Å². The molecule has 3 rings (SSSR count). The van der Waals surface area contributed by atoms with E-state index in [1.807, 2.05) is 36.4 Å². The fourth-order valence-electron chi connectivity index (χ4n) is 2.05. The molecule has 1 aromatic heterocycles. The number of aromatic nitrogens is 3. The molecule has 0 bridgehead atoms. The second-order valence-corrected chi connectivity index (χ2v) is 8.09. The van der Waals surface area contributed by atoms with Gasteiger partial charge in [0.2, 0.25) is 5.16 Å². The van der Waals surface area contributed by atoms with Gasteiger partial charge in [-0.2, -0.15) is 5.10 Å². The summed E-state index contributed by atoms with van der Waals surface area (Å²) in [5.74, 6) is 6.43. The Labute approximate surface area is 176 Å². The quantitative estimate of drug-likeness (QED) is 0.164. The maximum Gasteiger partial charge on any atom is 0.264 e. The lowest BCUT2D eigenvalue weighted by molar-refractivity contribution is 0.102. The van der Waals surface area contributed by atoms with Crippen molar-refractivity contribution in [3.63, 3.8) is 0 Å². The highest BCUT2D eigenvalue weighted by atomic mass is 79.9. The van der Waals surface area contributed by atoms with Gasteiger partial charge < -0.3 is 5.84 Å². The van der Waals surface area contributed by atoms with Crippen molar-refractivity contribution in [1.82, 2.24) is 14.9 Å². The van der Waals surface area contributed by atoms with E-state index in [1.165, 1.54) is 16.4 Å². The predicted molar refractivity (Wildman–Crippen MR) is 115 cm³/mol. The van der Waals surface area contributed by atoms with Crippen molar-refractivity contribution in [2.24, 2.45) is 5.10 Å². The highest BCUT2D eigenvalue weighted by molar-refractivity contribution is 9.10. The Kier molecular flexibility index (Phi) is 6.64. The van der Waals surface area contributed by atoms with E-state index in [9.17, 15) is 4.79 Å². The van der Waals surface area contributed by atoms with Gasteiger partial charge in [0, 0.05) is 14.5 Å². The summed E-state index contributed by atoms with van der Waals surface area (Å²) in [7, 11) is 0. The van der Waals surface area contributed by atoms with Crippen LogP contribution in [0.1, 0.15) is 15.9 Å². The SMILES string of the molecule is Nn1c(N/N=C/c2cccc(Br)c2)nnc1SCC(=O)c1ccc(Br)cc1. The molecule has 0 unspecified atom stereocenters. The number of nitrogen functional groups attached to an aromatic ring is 1. The van der Waals surface area contributed by atoms with Crippen LogP contribution in [0, 0.1) is 0 Å². The van der Waals surface area contributed by atoms with Crippen LogP contribution in [0.3, 0.4) is 0 Å². The molecule has 0 fully saturated rings. The van der Waals surface area contributed by atoms with Crippen molar-refractivity contribution in [3.8, 4) is 0 Å². The Bertz CT molecular complexity index is 974. The van der Waals surface area contributed by atoms with E-state index < -0.39 is 0 Å². The number of halogens is 2. The average Bonchev–Trinajstić information content (AvgIpc) is 3.00. The molecule has 0 saturated heterocycles. The van der Waals surface area contributed by atoms with E-state index in [-0.39, 0.29) is 17.5 Å². The number of Topliss-reactive ketones (excluding diaryl/α,β-unsaturated/α-hetero) is 1. The molecule has 3 N–H and O–H groups in total. The fraction of sp³-hybridized carbons (Fsp3) is 0.0588. The Balaban J connectivity index is 1.58. The molecular formula is C17H14Br2N6OS. The summed E-state index contributed by atoms with van der Waals surface area (Å²) >= 11 is 7.96. The molecule has 0 atom stereocenters. The molecule has 0 aliphatic rings. The van der Waals surface area contributed by atoms with Crippen LogP contribution in [-0.4, -0.2) is 32.6 Å². The fourth-order valence-corrected chi connectivity index (χ4v) is 3.48. The number of carbonyl (C=O) groups excluding carboxylic acids is 1. The van der Waals surface area contributed by atoms with Crippen LogP contribution in [0.2, 0.25) is 0 Å². The van der Waals surface area contributed by atoms with Crippen LogP contribution in [0.15, 0.2) is 67.7 Å². The molecule has 27 heavy (non-hydrogen) atoms. The van der Waals surface area contributed by atoms with E-state index >= 15 is 0 Å². The lowest BCUT2D eigenvalue weighted by atomic mass is 10.2. The zero-order valence-corrected chi connectivity index (χ0v) is 17.8. The van der Waals surface area contributed by atoms with Crippen molar-refractivity contribution >= 4 is 61.6 Å². The highest BCUT2D eigenvalue weighted by Gasteiger charge is 2.13. The minimum atomic E-state index is -0.0160. The normalized spacial score (nSPS) is 11.0. The van der Waals surface area contributed by atoms with Crippen molar-refractivity contribution in [2.75, 3.05) is 17.0 Å². The summed E-state index contributed by atoms with van der Waals surface area (Å²) in [6, 6.07) is 14.9. The number of carbonyl (C=O) groups is 1. The number of hydrazone groups is 1. The topological polar surface area (TPSA) is 98.2 Å². The van der Waals surface area contributed by atoms with Gasteiger partial charge in [-0.3, -0.25) is 4.79 Å². The van der Waals surface area contributed by atoms with Gasteiger partial charge >= 0.3 is 0 Å². The van der Waals surface area contributed by atoms with Crippen molar-refractivity contribution in [3.05, 3.63) is 68.6 Å². The molecule has 10 heteroatoms. The first-order chi connectivity index (χ1) is 13.0. The molecule has 138 valence electrons. The smallest absolute Gasteiger partial charge is 0.264 e. The van der Waals surface area contributed by atoms with Crippen LogP contribution >= 0.6 is 43.6 Å². The van der Waals surface area contributed by atoms with Gasteiger partial charge in [0.15, 0.2) is 5.78 Å². The summed E-state index contributed by atoms with van der Waals surface area (Å²) < 4.78 is 3.15. The van der Waals surface area contributed by atoms with E-state index in [4.69, 9.17) is 5.84 Å². The largest absolute Gasteiger partial charge is 0.334 e. The minimum absolute atomic E-state index is 0.0160. The van der Waals surface area contributed by atoms with Gasteiger partial charge in [0.1, 0.15) is 0 Å². The van der Waals surface area contributed by atoms with Gasteiger partial charge in [-0.1, -0.05) is 67.9 Å². The third kappa shape index (κ3) is 5.41. The van der Waals surface area contributed by atoms with Crippen molar-refractivity contribution in [2.45, 2.75) is 5.16 Å². The zero-order chi connectivity index (χ0) is 19.2. The van der Waals surface area contributed by atoms with Crippen molar-refractivity contribution in [1.29, 1.82) is 0 Å². The highest BCUT2D eigenvalue weighted by Crippen LogP contribution is 2.19. The molecule has 7 nitrogen and oxygen atoms in total. The Morgan fingerprint density at radius 2 is 1.96 bits per heavy atom.